The first-order valence-electron chi connectivity index (χ1n) is 10.2. The first-order chi connectivity index (χ1) is 15.6. The van der Waals surface area contributed by atoms with Gasteiger partial charge in [0.2, 0.25) is 0 Å². The van der Waals surface area contributed by atoms with Crippen LogP contribution in [0.2, 0.25) is 5.02 Å². The van der Waals surface area contributed by atoms with Crippen LogP contribution in [-0.2, 0) is 10.0 Å². The van der Waals surface area contributed by atoms with Gasteiger partial charge in [0.05, 0.1) is 16.6 Å². The van der Waals surface area contributed by atoms with E-state index in [-0.39, 0.29) is 22.0 Å². The van der Waals surface area contributed by atoms with Gasteiger partial charge >= 0.3 is 0 Å². The van der Waals surface area contributed by atoms with Crippen LogP contribution < -0.4 is 10.0 Å². The molecular formula is C24H25ClFN3O3S. The van der Waals surface area contributed by atoms with Gasteiger partial charge in [0.15, 0.2) is 0 Å². The highest BCUT2D eigenvalue weighted by Crippen LogP contribution is 2.28. The molecule has 3 aromatic carbocycles. The molecular weight excluding hydrogens is 465 g/mol. The third-order valence-electron chi connectivity index (χ3n) is 5.23. The first kappa shape index (κ1) is 24.7. The quantitative estimate of drug-likeness (QED) is 0.484. The summed E-state index contributed by atoms with van der Waals surface area (Å²) in [5, 5.41) is 3.04. The van der Waals surface area contributed by atoms with Gasteiger partial charge in [-0.3, -0.25) is 9.52 Å². The lowest BCUT2D eigenvalue weighted by atomic mass is 10.0. The van der Waals surface area contributed by atoms with Crippen molar-refractivity contribution in [3.8, 4) is 0 Å². The summed E-state index contributed by atoms with van der Waals surface area (Å²) in [6, 6.07) is 16.6. The average Bonchev–Trinajstić information content (AvgIpc) is 2.77. The molecule has 0 fully saturated rings. The molecule has 0 bridgehead atoms. The number of aryl methyl sites for hydroxylation is 1. The molecule has 1 amide bonds. The highest BCUT2D eigenvalue weighted by Gasteiger charge is 2.22. The fourth-order valence-corrected chi connectivity index (χ4v) is 4.76. The Morgan fingerprint density at radius 1 is 1.03 bits per heavy atom. The van der Waals surface area contributed by atoms with Crippen molar-refractivity contribution in [2.45, 2.75) is 17.9 Å². The van der Waals surface area contributed by atoms with Crippen LogP contribution in [0.25, 0.3) is 0 Å². The van der Waals surface area contributed by atoms with Crippen LogP contribution in [-0.4, -0.2) is 39.9 Å². The molecule has 6 nitrogen and oxygen atoms in total. The Labute approximate surface area is 198 Å². The molecule has 3 rings (SSSR count). The highest BCUT2D eigenvalue weighted by molar-refractivity contribution is 7.92. The number of amides is 1. The van der Waals surface area contributed by atoms with Gasteiger partial charge in [-0.15, -0.1) is 0 Å². The number of halogens is 2. The molecule has 0 aromatic heterocycles. The number of para-hydroxylation sites is 1. The Bertz CT molecular complexity index is 1230. The van der Waals surface area contributed by atoms with Crippen molar-refractivity contribution in [2.75, 3.05) is 25.4 Å². The van der Waals surface area contributed by atoms with Crippen molar-refractivity contribution >= 4 is 33.2 Å². The number of sulfonamides is 1. The highest BCUT2D eigenvalue weighted by atomic mass is 35.5. The second-order valence-corrected chi connectivity index (χ2v) is 9.86. The number of rotatable bonds is 8. The maximum Gasteiger partial charge on any atom is 0.261 e. The van der Waals surface area contributed by atoms with E-state index in [1.54, 1.807) is 50.2 Å². The molecule has 0 aliphatic carbocycles. The predicted octanol–water partition coefficient (Wildman–Crippen LogP) is 4.62. The molecule has 2 N–H and O–H groups in total. The Morgan fingerprint density at radius 3 is 2.30 bits per heavy atom. The summed E-state index contributed by atoms with van der Waals surface area (Å²) in [4.78, 5) is 14.4. The number of hydrogen-bond acceptors (Lipinski definition) is 4. The molecule has 33 heavy (non-hydrogen) atoms. The number of anilines is 1. The monoisotopic (exact) mass is 489 g/mol. The number of likely N-dealkylation sites (N-methyl/N-ethyl adjacent to an activating group) is 1. The minimum atomic E-state index is -3.81. The van der Waals surface area contributed by atoms with Gasteiger partial charge in [-0.25, -0.2) is 12.8 Å². The van der Waals surface area contributed by atoms with Crippen LogP contribution in [0.1, 0.15) is 27.5 Å². The molecule has 174 valence electrons. The van der Waals surface area contributed by atoms with E-state index < -0.39 is 27.8 Å². The van der Waals surface area contributed by atoms with E-state index >= 15 is 0 Å². The van der Waals surface area contributed by atoms with E-state index in [0.29, 0.717) is 11.3 Å². The minimum absolute atomic E-state index is 0.0339. The summed E-state index contributed by atoms with van der Waals surface area (Å²) < 4.78 is 42.3. The van der Waals surface area contributed by atoms with Gasteiger partial charge < -0.3 is 10.2 Å². The molecule has 0 aliphatic heterocycles. The lowest BCUT2D eigenvalue weighted by Gasteiger charge is -2.26. The maximum absolute atomic E-state index is 14.4. The lowest BCUT2D eigenvalue weighted by Crippen LogP contribution is -2.35. The molecule has 0 aliphatic rings. The van der Waals surface area contributed by atoms with Crippen LogP contribution in [0.4, 0.5) is 10.1 Å². The number of benzene rings is 3. The first-order valence-corrected chi connectivity index (χ1v) is 12.0. The van der Waals surface area contributed by atoms with Gasteiger partial charge in [-0.2, -0.15) is 0 Å². The van der Waals surface area contributed by atoms with Crippen LogP contribution >= 0.6 is 11.6 Å². The van der Waals surface area contributed by atoms with Crippen LogP contribution in [0.15, 0.2) is 71.6 Å². The van der Waals surface area contributed by atoms with E-state index in [2.05, 4.69) is 10.0 Å². The predicted molar refractivity (Wildman–Crippen MR) is 129 cm³/mol. The summed E-state index contributed by atoms with van der Waals surface area (Å²) in [6.07, 6.45) is 0. The van der Waals surface area contributed by atoms with E-state index in [1.165, 1.54) is 36.4 Å². The summed E-state index contributed by atoms with van der Waals surface area (Å²) in [5.74, 6) is -0.865. The van der Waals surface area contributed by atoms with E-state index in [0.717, 1.165) is 5.56 Å². The summed E-state index contributed by atoms with van der Waals surface area (Å²) in [6.45, 7) is 1.92. The SMILES string of the molecule is Cc1ccccc1NS(=O)(=O)c1ccc(C(=O)NC[C@@H](c2c(F)cccc2Cl)N(C)C)cc1. The van der Waals surface area contributed by atoms with Crippen molar-refractivity contribution in [3.05, 3.63) is 94.3 Å². The van der Waals surface area contributed by atoms with E-state index in [9.17, 15) is 17.6 Å². The van der Waals surface area contributed by atoms with Crippen molar-refractivity contribution in [2.24, 2.45) is 0 Å². The lowest BCUT2D eigenvalue weighted by molar-refractivity contribution is 0.0941. The molecule has 1 atom stereocenters. The van der Waals surface area contributed by atoms with Crippen molar-refractivity contribution in [1.29, 1.82) is 0 Å². The van der Waals surface area contributed by atoms with Gasteiger partial charge in [-0.05, 0) is 69.0 Å². The normalized spacial score (nSPS) is 12.4. The Morgan fingerprint density at radius 2 is 1.70 bits per heavy atom. The molecule has 0 radical (unpaired) electrons. The molecule has 0 saturated carbocycles. The van der Waals surface area contributed by atoms with Crippen molar-refractivity contribution in [1.82, 2.24) is 10.2 Å². The third kappa shape index (κ3) is 5.90. The van der Waals surface area contributed by atoms with Gasteiger partial charge in [-0.1, -0.05) is 35.9 Å². The summed E-state index contributed by atoms with van der Waals surface area (Å²) in [7, 11) is -0.276. The number of carbonyl (C=O) groups is 1. The third-order valence-corrected chi connectivity index (χ3v) is 6.94. The Hall–Kier alpha value is -2.94. The van der Waals surface area contributed by atoms with Gasteiger partial charge in [0, 0.05) is 22.7 Å². The van der Waals surface area contributed by atoms with Crippen molar-refractivity contribution < 1.29 is 17.6 Å². The van der Waals surface area contributed by atoms with Crippen LogP contribution in [0.3, 0.4) is 0 Å². The zero-order valence-electron chi connectivity index (χ0n) is 18.5. The molecule has 9 heteroatoms. The average molecular weight is 490 g/mol. The van der Waals surface area contributed by atoms with E-state index in [1.807, 2.05) is 6.07 Å². The van der Waals surface area contributed by atoms with Crippen molar-refractivity contribution in [3.63, 3.8) is 0 Å². The smallest absolute Gasteiger partial charge is 0.261 e. The number of nitrogens with one attached hydrogen (secondary N) is 2. The minimum Gasteiger partial charge on any atom is -0.350 e. The Kier molecular flexibility index (Phi) is 7.73. The largest absolute Gasteiger partial charge is 0.350 e. The zero-order chi connectivity index (χ0) is 24.2. The van der Waals surface area contributed by atoms with Gasteiger partial charge in [0.1, 0.15) is 5.82 Å². The standard InChI is InChI=1S/C24H25ClFN3O3S/c1-16-7-4-5-10-21(16)28-33(31,32)18-13-11-17(12-14-18)24(30)27-15-22(29(2)3)23-19(25)8-6-9-20(23)26/h4-14,22,28H,15H2,1-3H3,(H,27,30)/t22-/m0/s1. The maximum atomic E-state index is 14.4. The number of carbonyl (C=O) groups excluding carboxylic acids is 1. The number of hydrogen-bond donors (Lipinski definition) is 2. The molecule has 0 saturated heterocycles. The summed E-state index contributed by atoms with van der Waals surface area (Å²) in [5.41, 5.74) is 1.86. The molecule has 0 unspecified atom stereocenters. The fourth-order valence-electron chi connectivity index (χ4n) is 3.34. The van der Waals surface area contributed by atoms with Gasteiger partial charge in [0.25, 0.3) is 15.9 Å². The second kappa shape index (κ2) is 10.3. The molecule has 3 aromatic rings. The van der Waals surface area contributed by atoms with Crippen LogP contribution in [0, 0.1) is 12.7 Å². The number of nitrogens with zero attached hydrogens (tertiary/aromatic N) is 1. The fraction of sp³-hybridized carbons (Fsp3) is 0.208. The molecule has 0 heterocycles. The Balaban J connectivity index is 1.71. The topological polar surface area (TPSA) is 78.5 Å². The zero-order valence-corrected chi connectivity index (χ0v) is 20.0. The van der Waals surface area contributed by atoms with E-state index in [4.69, 9.17) is 11.6 Å². The van der Waals surface area contributed by atoms with Crippen LogP contribution in [0.5, 0.6) is 0 Å². The second-order valence-electron chi connectivity index (χ2n) is 7.77. The molecule has 0 spiro atoms. The summed E-state index contributed by atoms with van der Waals surface area (Å²) >= 11 is 6.19.